The maximum atomic E-state index is 12.4. The molecular weight excluding hydrogens is 340 g/mol. The van der Waals surface area contributed by atoms with Crippen LogP contribution in [0.5, 0.6) is 0 Å². The summed E-state index contributed by atoms with van der Waals surface area (Å²) in [5, 5.41) is 1.37. The molecule has 0 unspecified atom stereocenters. The molecule has 0 aliphatic heterocycles. The lowest BCUT2D eigenvalue weighted by molar-refractivity contribution is 0.0947. The van der Waals surface area contributed by atoms with Crippen molar-refractivity contribution in [2.45, 2.75) is 13.8 Å². The zero-order valence-electron chi connectivity index (χ0n) is 13.4. The predicted octanol–water partition coefficient (Wildman–Crippen LogP) is 5.08. The molecule has 2 aromatic carbocycles. The monoisotopic (exact) mass is 356 g/mol. The minimum atomic E-state index is -0.271. The fourth-order valence-corrected chi connectivity index (χ4v) is 3.98. The van der Waals surface area contributed by atoms with Crippen LogP contribution in [-0.2, 0) is 0 Å². The second-order valence-electron chi connectivity index (χ2n) is 5.62. The van der Waals surface area contributed by atoms with Crippen LogP contribution in [0.2, 0.25) is 5.02 Å². The molecule has 3 nitrogen and oxygen atoms in total. The van der Waals surface area contributed by atoms with Crippen molar-refractivity contribution in [2.75, 3.05) is 0 Å². The van der Waals surface area contributed by atoms with Gasteiger partial charge in [-0.3, -0.25) is 15.6 Å². The molecular formula is C19H17ClN2OS. The molecule has 0 atom stereocenters. The maximum Gasteiger partial charge on any atom is 0.281 e. The number of carbonyl (C=O) groups excluding carboxylic acids is 1. The van der Waals surface area contributed by atoms with E-state index in [1.807, 2.05) is 50.2 Å². The molecule has 5 heteroatoms. The summed E-state index contributed by atoms with van der Waals surface area (Å²) < 4.78 is 0.987. The van der Waals surface area contributed by atoms with E-state index in [0.29, 0.717) is 15.6 Å². The summed E-state index contributed by atoms with van der Waals surface area (Å²) in [6, 6.07) is 13.8. The lowest BCUT2D eigenvalue weighted by Crippen LogP contribution is -2.35. The molecule has 0 spiro atoms. The van der Waals surface area contributed by atoms with Crippen molar-refractivity contribution in [3.63, 3.8) is 0 Å². The van der Waals surface area contributed by atoms with Crippen LogP contribution in [-0.4, -0.2) is 5.91 Å². The van der Waals surface area contributed by atoms with Gasteiger partial charge < -0.3 is 0 Å². The van der Waals surface area contributed by atoms with Crippen LogP contribution < -0.4 is 10.9 Å². The van der Waals surface area contributed by atoms with Crippen LogP contribution in [0.25, 0.3) is 15.8 Å². The van der Waals surface area contributed by atoms with Gasteiger partial charge in [-0.15, -0.1) is 11.3 Å². The van der Waals surface area contributed by atoms with Crippen molar-refractivity contribution in [2.24, 2.45) is 0 Å². The topological polar surface area (TPSA) is 41.1 Å². The number of amides is 1. The normalized spacial score (nSPS) is 10.6. The van der Waals surface area contributed by atoms with Gasteiger partial charge in [0.1, 0.15) is 4.88 Å². The molecule has 0 bridgehead atoms. The molecule has 0 radical (unpaired) electrons. The molecule has 0 fully saturated rings. The summed E-state index contributed by atoms with van der Waals surface area (Å²) in [6.07, 6.45) is 0. The third kappa shape index (κ3) is 3.16. The number of hydrogen-bond donors (Lipinski definition) is 2. The average Bonchev–Trinajstić information content (AvgIpc) is 2.90. The highest BCUT2D eigenvalue weighted by molar-refractivity contribution is 7.21. The first-order chi connectivity index (χ1) is 11.5. The number of hydrogen-bond acceptors (Lipinski definition) is 3. The van der Waals surface area contributed by atoms with Gasteiger partial charge in [-0.05, 0) is 25.5 Å². The van der Waals surface area contributed by atoms with Gasteiger partial charge in [-0.1, -0.05) is 60.1 Å². The highest BCUT2D eigenvalue weighted by Crippen LogP contribution is 2.34. The second-order valence-corrected chi connectivity index (χ2v) is 7.05. The molecule has 3 rings (SSSR count). The Morgan fingerprint density at radius 1 is 1.12 bits per heavy atom. The number of benzene rings is 2. The lowest BCUT2D eigenvalue weighted by atomic mass is 10.0. The van der Waals surface area contributed by atoms with Crippen LogP contribution in [0, 0.1) is 13.8 Å². The van der Waals surface area contributed by atoms with Gasteiger partial charge in [0.15, 0.2) is 0 Å². The molecule has 0 saturated carbocycles. The zero-order valence-corrected chi connectivity index (χ0v) is 15.0. The molecule has 24 heavy (non-hydrogen) atoms. The van der Waals surface area contributed by atoms with E-state index in [0.717, 1.165) is 21.2 Å². The molecule has 0 saturated heterocycles. The number of fused-ring (bicyclic) bond motifs is 1. The van der Waals surface area contributed by atoms with E-state index in [2.05, 4.69) is 23.5 Å². The lowest BCUT2D eigenvalue weighted by Gasteiger charge is -2.13. The molecule has 122 valence electrons. The fraction of sp³-hybridized carbons (Fsp3) is 0.105. The average molecular weight is 357 g/mol. The molecule has 1 amide bonds. The summed E-state index contributed by atoms with van der Waals surface area (Å²) in [5.41, 5.74) is 9.44. The van der Waals surface area contributed by atoms with E-state index < -0.39 is 0 Å². The van der Waals surface area contributed by atoms with Crippen LogP contribution in [0.15, 0.2) is 49.0 Å². The summed E-state index contributed by atoms with van der Waals surface area (Å²) >= 11 is 7.70. The Morgan fingerprint density at radius 3 is 2.58 bits per heavy atom. The Hall–Kier alpha value is -2.30. The second kappa shape index (κ2) is 6.67. The maximum absolute atomic E-state index is 12.4. The summed E-state index contributed by atoms with van der Waals surface area (Å²) in [7, 11) is 0. The van der Waals surface area contributed by atoms with Gasteiger partial charge in [0.2, 0.25) is 0 Å². The number of rotatable bonds is 4. The summed E-state index contributed by atoms with van der Waals surface area (Å²) in [5.74, 6) is -0.271. The highest BCUT2D eigenvalue weighted by Gasteiger charge is 2.17. The van der Waals surface area contributed by atoms with Gasteiger partial charge in [0.05, 0.1) is 10.7 Å². The Labute approximate surface area is 149 Å². The molecule has 0 aliphatic carbocycles. The fourth-order valence-electron chi connectivity index (χ4n) is 2.57. The molecule has 2 N–H and O–H groups in total. The van der Waals surface area contributed by atoms with Crippen molar-refractivity contribution >= 4 is 44.6 Å². The van der Waals surface area contributed by atoms with Crippen LogP contribution >= 0.6 is 22.9 Å². The van der Waals surface area contributed by atoms with Gasteiger partial charge in [-0.2, -0.15) is 0 Å². The molecule has 1 heterocycles. The highest BCUT2D eigenvalue weighted by atomic mass is 35.5. The van der Waals surface area contributed by atoms with Gasteiger partial charge >= 0.3 is 0 Å². The minimum absolute atomic E-state index is 0.271. The smallest absolute Gasteiger partial charge is 0.281 e. The number of nitrogens with one attached hydrogen (secondary N) is 2. The van der Waals surface area contributed by atoms with E-state index in [-0.39, 0.29) is 5.91 Å². The number of thiophene rings is 1. The summed E-state index contributed by atoms with van der Waals surface area (Å²) in [6.45, 7) is 8.04. The van der Waals surface area contributed by atoms with E-state index in [1.54, 1.807) is 0 Å². The number of halogens is 1. The number of aryl methyl sites for hydroxylation is 2. The van der Waals surface area contributed by atoms with Crippen molar-refractivity contribution in [1.29, 1.82) is 0 Å². The first-order valence-corrected chi connectivity index (χ1v) is 8.66. The van der Waals surface area contributed by atoms with Crippen LogP contribution in [0.1, 0.15) is 26.4 Å². The Kier molecular flexibility index (Phi) is 4.60. The van der Waals surface area contributed by atoms with Crippen molar-refractivity contribution in [1.82, 2.24) is 10.9 Å². The Bertz CT molecular complexity index is 946. The molecule has 0 aliphatic rings. The van der Waals surface area contributed by atoms with Crippen LogP contribution in [0.3, 0.4) is 0 Å². The predicted molar refractivity (Wildman–Crippen MR) is 102 cm³/mol. The van der Waals surface area contributed by atoms with Crippen molar-refractivity contribution in [3.8, 4) is 0 Å². The van der Waals surface area contributed by atoms with E-state index in [1.165, 1.54) is 16.9 Å². The Morgan fingerprint density at radius 2 is 1.88 bits per heavy atom. The standard InChI is InChI=1S/C19H17ClN2OS/c1-11-8-9-14(12(2)10-11)13(3)21-22-19(23)18-17(20)15-6-4-5-7-16(15)24-18/h4-10,21H,3H2,1-2H3,(H,22,23). The van der Waals surface area contributed by atoms with Crippen LogP contribution in [0.4, 0.5) is 0 Å². The first kappa shape index (κ1) is 16.6. The van der Waals surface area contributed by atoms with Crippen molar-refractivity contribution < 1.29 is 4.79 Å². The van der Waals surface area contributed by atoms with E-state index in [9.17, 15) is 4.79 Å². The van der Waals surface area contributed by atoms with E-state index >= 15 is 0 Å². The van der Waals surface area contributed by atoms with Gasteiger partial charge in [-0.25, -0.2) is 0 Å². The number of carbonyl (C=O) groups is 1. The summed E-state index contributed by atoms with van der Waals surface area (Å²) in [4.78, 5) is 12.9. The molecule has 3 aromatic rings. The minimum Gasteiger partial charge on any atom is -0.298 e. The van der Waals surface area contributed by atoms with E-state index in [4.69, 9.17) is 11.6 Å². The van der Waals surface area contributed by atoms with Crippen molar-refractivity contribution in [3.05, 3.63) is 75.6 Å². The largest absolute Gasteiger partial charge is 0.298 e. The van der Waals surface area contributed by atoms with Gasteiger partial charge in [0, 0.05) is 15.6 Å². The number of hydrazine groups is 1. The Balaban J connectivity index is 1.75. The SMILES string of the molecule is C=C(NNC(=O)c1sc2ccccc2c1Cl)c1ccc(C)cc1C. The molecule has 1 aromatic heterocycles. The zero-order chi connectivity index (χ0) is 17.3. The quantitative estimate of drug-likeness (QED) is 0.640. The first-order valence-electron chi connectivity index (χ1n) is 7.47. The van der Waals surface area contributed by atoms with Gasteiger partial charge in [0.25, 0.3) is 5.91 Å². The third-order valence-corrected chi connectivity index (χ3v) is 5.45. The third-order valence-electron chi connectivity index (χ3n) is 3.78.